The molecule has 0 aliphatic carbocycles. The summed E-state index contributed by atoms with van der Waals surface area (Å²) in [6.45, 7) is 9.08. The number of amides is 2. The van der Waals surface area contributed by atoms with E-state index in [2.05, 4.69) is 10.2 Å². The van der Waals surface area contributed by atoms with Crippen LogP contribution in [0.2, 0.25) is 0 Å². The Morgan fingerprint density at radius 1 is 1.03 bits per heavy atom. The van der Waals surface area contributed by atoms with E-state index < -0.39 is 0 Å². The molecule has 0 saturated carbocycles. The van der Waals surface area contributed by atoms with Gasteiger partial charge in [0, 0.05) is 44.0 Å². The number of nitrogens with one attached hydrogen (secondary N) is 1. The number of benzene rings is 1. The van der Waals surface area contributed by atoms with Gasteiger partial charge in [0.05, 0.1) is 18.6 Å². The van der Waals surface area contributed by atoms with Crippen LogP contribution in [0.5, 0.6) is 0 Å². The standard InChI is InChI=1S/C22H33N3O4/c1-4-24(5-2)22(28)18-16-17(23-20(26)12-13-21(27)29-6-3)10-11-19(18)25-14-8-7-9-15-25/h10-11,16H,4-9,12-15H2,1-3H3,(H,23,26). The Balaban J connectivity index is 2.19. The smallest absolute Gasteiger partial charge is 0.306 e. The van der Waals surface area contributed by atoms with E-state index in [1.165, 1.54) is 6.42 Å². The molecule has 1 aromatic rings. The van der Waals surface area contributed by atoms with Gasteiger partial charge in [0.1, 0.15) is 0 Å². The van der Waals surface area contributed by atoms with Gasteiger partial charge in [0.15, 0.2) is 0 Å². The number of carbonyl (C=O) groups is 3. The quantitative estimate of drug-likeness (QED) is 0.639. The molecule has 1 heterocycles. The lowest BCUT2D eigenvalue weighted by Gasteiger charge is -2.31. The molecular weight excluding hydrogens is 370 g/mol. The van der Waals surface area contributed by atoms with Crippen molar-refractivity contribution in [3.05, 3.63) is 23.8 Å². The molecule has 1 aromatic carbocycles. The van der Waals surface area contributed by atoms with Crippen LogP contribution < -0.4 is 10.2 Å². The summed E-state index contributed by atoms with van der Waals surface area (Å²) in [5, 5.41) is 2.80. The molecule has 0 bridgehead atoms. The maximum absolute atomic E-state index is 13.1. The third-order valence-electron chi connectivity index (χ3n) is 5.12. The van der Waals surface area contributed by atoms with Crippen molar-refractivity contribution < 1.29 is 19.1 Å². The predicted octanol–water partition coefficient (Wildman–Crippen LogP) is 3.44. The highest BCUT2D eigenvalue weighted by molar-refractivity contribution is 6.02. The first-order valence-corrected chi connectivity index (χ1v) is 10.6. The zero-order valence-corrected chi connectivity index (χ0v) is 17.8. The average Bonchev–Trinajstić information content (AvgIpc) is 2.74. The highest BCUT2D eigenvalue weighted by Gasteiger charge is 2.22. The number of carbonyl (C=O) groups excluding carboxylic acids is 3. The molecule has 2 rings (SSSR count). The SMILES string of the molecule is CCOC(=O)CCC(=O)Nc1ccc(N2CCCCC2)c(C(=O)N(CC)CC)c1. The Kier molecular flexibility index (Phi) is 8.96. The van der Waals surface area contributed by atoms with E-state index in [9.17, 15) is 14.4 Å². The molecule has 0 unspecified atom stereocenters. The number of ether oxygens (including phenoxy) is 1. The van der Waals surface area contributed by atoms with E-state index in [-0.39, 0.29) is 30.6 Å². The van der Waals surface area contributed by atoms with Crippen LogP contribution in [0.15, 0.2) is 18.2 Å². The van der Waals surface area contributed by atoms with Gasteiger partial charge < -0.3 is 19.9 Å². The second-order valence-electron chi connectivity index (χ2n) is 7.11. The first-order valence-electron chi connectivity index (χ1n) is 10.6. The van der Waals surface area contributed by atoms with Crippen LogP contribution in [0, 0.1) is 0 Å². The van der Waals surface area contributed by atoms with Gasteiger partial charge in [-0.1, -0.05) is 0 Å². The summed E-state index contributed by atoms with van der Waals surface area (Å²) in [4.78, 5) is 40.8. The van der Waals surface area contributed by atoms with E-state index in [4.69, 9.17) is 4.74 Å². The monoisotopic (exact) mass is 403 g/mol. The molecule has 1 aliphatic rings. The van der Waals surface area contributed by atoms with Gasteiger partial charge in [0.25, 0.3) is 5.91 Å². The summed E-state index contributed by atoms with van der Waals surface area (Å²) in [5.41, 5.74) is 2.10. The summed E-state index contributed by atoms with van der Waals surface area (Å²) in [7, 11) is 0. The molecule has 0 aromatic heterocycles. The summed E-state index contributed by atoms with van der Waals surface area (Å²) >= 11 is 0. The number of piperidine rings is 1. The second-order valence-corrected chi connectivity index (χ2v) is 7.11. The first kappa shape index (κ1) is 22.7. The van der Waals surface area contributed by atoms with Gasteiger partial charge in [0.2, 0.25) is 5.91 Å². The van der Waals surface area contributed by atoms with E-state index in [1.54, 1.807) is 17.9 Å². The van der Waals surface area contributed by atoms with Crippen LogP contribution in [0.4, 0.5) is 11.4 Å². The lowest BCUT2D eigenvalue weighted by molar-refractivity contribution is -0.144. The van der Waals surface area contributed by atoms with Crippen molar-refractivity contribution in [2.45, 2.75) is 52.9 Å². The Hall–Kier alpha value is -2.57. The maximum Gasteiger partial charge on any atom is 0.306 e. The Labute approximate surface area is 173 Å². The predicted molar refractivity (Wildman–Crippen MR) is 114 cm³/mol. The zero-order valence-electron chi connectivity index (χ0n) is 17.8. The third kappa shape index (κ3) is 6.48. The van der Waals surface area contributed by atoms with Gasteiger partial charge in [-0.15, -0.1) is 0 Å². The van der Waals surface area contributed by atoms with Crippen molar-refractivity contribution in [3.8, 4) is 0 Å². The number of nitrogens with zero attached hydrogens (tertiary/aromatic N) is 2. The molecule has 29 heavy (non-hydrogen) atoms. The summed E-state index contributed by atoms with van der Waals surface area (Å²) in [6.07, 6.45) is 3.53. The topological polar surface area (TPSA) is 79.0 Å². The highest BCUT2D eigenvalue weighted by Crippen LogP contribution is 2.28. The second kappa shape index (κ2) is 11.4. The third-order valence-corrected chi connectivity index (χ3v) is 5.12. The number of anilines is 2. The Morgan fingerprint density at radius 3 is 2.34 bits per heavy atom. The molecule has 160 valence electrons. The molecule has 1 fully saturated rings. The van der Waals surface area contributed by atoms with E-state index >= 15 is 0 Å². The van der Waals surface area contributed by atoms with Crippen molar-refractivity contribution in [2.75, 3.05) is 43.0 Å². The fourth-order valence-electron chi connectivity index (χ4n) is 3.55. The van der Waals surface area contributed by atoms with Crippen LogP contribution in [-0.2, 0) is 14.3 Å². The van der Waals surface area contributed by atoms with Crippen molar-refractivity contribution in [2.24, 2.45) is 0 Å². The molecule has 7 nitrogen and oxygen atoms in total. The molecule has 2 amide bonds. The fraction of sp³-hybridized carbons (Fsp3) is 0.591. The average molecular weight is 404 g/mol. The minimum Gasteiger partial charge on any atom is -0.466 e. The highest BCUT2D eigenvalue weighted by atomic mass is 16.5. The summed E-state index contributed by atoms with van der Waals surface area (Å²) in [6, 6.07) is 5.50. The first-order chi connectivity index (χ1) is 14.0. The zero-order chi connectivity index (χ0) is 21.2. The molecule has 7 heteroatoms. The Bertz CT molecular complexity index is 710. The lowest BCUT2D eigenvalue weighted by Crippen LogP contribution is -2.35. The number of esters is 1. The molecule has 0 spiro atoms. The van der Waals surface area contributed by atoms with Crippen molar-refractivity contribution >= 4 is 29.2 Å². The van der Waals surface area contributed by atoms with E-state index in [0.717, 1.165) is 31.6 Å². The fourth-order valence-corrected chi connectivity index (χ4v) is 3.55. The van der Waals surface area contributed by atoms with Crippen LogP contribution in [-0.4, -0.2) is 55.5 Å². The molecule has 0 radical (unpaired) electrons. The van der Waals surface area contributed by atoms with Crippen LogP contribution in [0.25, 0.3) is 0 Å². The molecular formula is C22H33N3O4. The lowest BCUT2D eigenvalue weighted by atomic mass is 10.0. The molecule has 1 saturated heterocycles. The molecule has 0 atom stereocenters. The van der Waals surface area contributed by atoms with Crippen molar-refractivity contribution in [3.63, 3.8) is 0 Å². The van der Waals surface area contributed by atoms with Crippen LogP contribution >= 0.6 is 0 Å². The van der Waals surface area contributed by atoms with Gasteiger partial charge >= 0.3 is 5.97 Å². The summed E-state index contributed by atoms with van der Waals surface area (Å²) < 4.78 is 4.85. The van der Waals surface area contributed by atoms with Crippen LogP contribution in [0.3, 0.4) is 0 Å². The molecule has 1 aliphatic heterocycles. The number of rotatable bonds is 9. The Morgan fingerprint density at radius 2 is 1.72 bits per heavy atom. The van der Waals surface area contributed by atoms with Crippen molar-refractivity contribution in [1.29, 1.82) is 0 Å². The van der Waals surface area contributed by atoms with Crippen molar-refractivity contribution in [1.82, 2.24) is 4.90 Å². The largest absolute Gasteiger partial charge is 0.466 e. The van der Waals surface area contributed by atoms with E-state index in [1.807, 2.05) is 26.0 Å². The van der Waals surface area contributed by atoms with E-state index in [0.29, 0.717) is 30.9 Å². The van der Waals surface area contributed by atoms with Gasteiger partial charge in [-0.25, -0.2) is 0 Å². The minimum absolute atomic E-state index is 0.0294. The maximum atomic E-state index is 13.1. The van der Waals surface area contributed by atoms with Gasteiger partial charge in [-0.3, -0.25) is 14.4 Å². The number of hydrogen-bond acceptors (Lipinski definition) is 5. The minimum atomic E-state index is -0.388. The molecule has 1 N–H and O–H groups in total. The normalized spacial score (nSPS) is 13.7. The van der Waals surface area contributed by atoms with Gasteiger partial charge in [-0.2, -0.15) is 0 Å². The van der Waals surface area contributed by atoms with Crippen LogP contribution in [0.1, 0.15) is 63.2 Å². The summed E-state index contributed by atoms with van der Waals surface area (Å²) in [5.74, 6) is -0.691. The number of hydrogen-bond donors (Lipinski definition) is 1. The van der Waals surface area contributed by atoms with Gasteiger partial charge in [-0.05, 0) is 58.2 Å².